The monoisotopic (exact) mass is 557 g/mol. The second-order valence-electron chi connectivity index (χ2n) is 9.89. The van der Waals surface area contributed by atoms with Crippen LogP contribution in [0.3, 0.4) is 0 Å². The molecule has 1 aromatic heterocycles. The van der Waals surface area contributed by atoms with E-state index in [4.69, 9.17) is 4.74 Å². The Morgan fingerprint density at radius 3 is 2.67 bits per heavy atom. The molecule has 0 fully saturated rings. The molecule has 40 heavy (non-hydrogen) atoms. The van der Waals surface area contributed by atoms with Gasteiger partial charge in [-0.1, -0.05) is 42.0 Å². The Morgan fingerprint density at radius 1 is 1.05 bits per heavy atom. The molecule has 9 heteroatoms. The molecule has 1 amide bonds. The minimum Gasteiger partial charge on any atom is -0.489 e. The van der Waals surface area contributed by atoms with Crippen molar-refractivity contribution in [2.24, 2.45) is 0 Å². The number of carbonyl (C=O) groups is 1. The summed E-state index contributed by atoms with van der Waals surface area (Å²) in [4.78, 5) is 16.6. The van der Waals surface area contributed by atoms with Crippen molar-refractivity contribution in [2.45, 2.75) is 36.9 Å². The molecule has 2 heterocycles. The Hall–Kier alpha value is -4.05. The Kier molecular flexibility index (Phi) is 8.25. The largest absolute Gasteiger partial charge is 0.489 e. The van der Waals surface area contributed by atoms with E-state index in [0.717, 1.165) is 46.4 Å². The quantitative estimate of drug-likeness (QED) is 0.282. The molecule has 0 bridgehead atoms. The van der Waals surface area contributed by atoms with Crippen LogP contribution in [0.5, 0.6) is 5.75 Å². The first-order valence-corrected chi connectivity index (χ1v) is 14.6. The van der Waals surface area contributed by atoms with E-state index in [1.165, 1.54) is 6.07 Å². The molecule has 0 spiro atoms. The van der Waals surface area contributed by atoms with Gasteiger partial charge < -0.3 is 15.2 Å². The molecule has 8 nitrogen and oxygen atoms in total. The van der Waals surface area contributed by atoms with E-state index in [1.807, 2.05) is 43.3 Å². The zero-order chi connectivity index (χ0) is 28.1. The van der Waals surface area contributed by atoms with Crippen molar-refractivity contribution in [3.05, 3.63) is 114 Å². The normalized spacial score (nSPS) is 15.5. The summed E-state index contributed by atoms with van der Waals surface area (Å²) >= 11 is 0. The number of benzene rings is 3. The molecule has 1 aliphatic rings. The number of hydrogen-bond acceptors (Lipinski definition) is 7. The van der Waals surface area contributed by atoms with E-state index in [-0.39, 0.29) is 16.6 Å². The minimum atomic E-state index is -4.06. The highest BCUT2D eigenvalue weighted by Gasteiger charge is 2.22. The Morgan fingerprint density at radius 2 is 1.88 bits per heavy atom. The molecule has 206 valence electrons. The highest BCUT2D eigenvalue weighted by molar-refractivity contribution is 7.90. The number of aliphatic hydroxyl groups is 1. The third-order valence-corrected chi connectivity index (χ3v) is 8.18. The fourth-order valence-corrected chi connectivity index (χ4v) is 5.73. The van der Waals surface area contributed by atoms with Crippen LogP contribution >= 0.6 is 0 Å². The second kappa shape index (κ2) is 12.0. The molecule has 2 atom stereocenters. The molecule has 1 aliphatic heterocycles. The summed E-state index contributed by atoms with van der Waals surface area (Å²) in [6, 6.07) is 22.8. The highest BCUT2D eigenvalue weighted by atomic mass is 32.2. The lowest BCUT2D eigenvalue weighted by Gasteiger charge is -2.27. The fraction of sp³-hybridized carbons (Fsp3) is 0.226. The molecule has 0 saturated heterocycles. The predicted octanol–water partition coefficient (Wildman–Crippen LogP) is 4.19. The summed E-state index contributed by atoms with van der Waals surface area (Å²) in [7, 11) is -4.06. The maximum absolute atomic E-state index is 13.0. The van der Waals surface area contributed by atoms with Crippen LogP contribution in [0.2, 0.25) is 0 Å². The van der Waals surface area contributed by atoms with E-state index in [2.05, 4.69) is 15.0 Å². The lowest BCUT2D eigenvalue weighted by atomic mass is 9.97. The molecule has 3 N–H and O–H groups in total. The first-order valence-electron chi connectivity index (χ1n) is 13.1. The van der Waals surface area contributed by atoms with Gasteiger partial charge in [0.1, 0.15) is 11.9 Å². The van der Waals surface area contributed by atoms with Gasteiger partial charge in [-0.3, -0.25) is 9.78 Å². The zero-order valence-electron chi connectivity index (χ0n) is 22.1. The van der Waals surface area contributed by atoms with Gasteiger partial charge in [0.05, 0.1) is 11.0 Å². The van der Waals surface area contributed by atoms with E-state index < -0.39 is 22.0 Å². The molecular weight excluding hydrogens is 526 g/mol. The third-order valence-electron chi connectivity index (χ3n) is 6.85. The number of carbonyl (C=O) groups excluding carboxylic acids is 1. The maximum atomic E-state index is 13.0. The summed E-state index contributed by atoms with van der Waals surface area (Å²) in [5.41, 5.74) is 4.55. The summed E-state index contributed by atoms with van der Waals surface area (Å²) in [5.74, 6) is 0.125. The van der Waals surface area contributed by atoms with Crippen molar-refractivity contribution in [2.75, 3.05) is 13.1 Å². The molecule has 0 saturated carbocycles. The van der Waals surface area contributed by atoms with Crippen molar-refractivity contribution in [3.63, 3.8) is 0 Å². The van der Waals surface area contributed by atoms with Gasteiger partial charge in [-0.25, -0.2) is 13.1 Å². The summed E-state index contributed by atoms with van der Waals surface area (Å²) < 4.78 is 34.3. The SMILES string of the molecule is Cc1cccc(C(=O)NS(=O)(=O)c2cccc(-c3ccc4c(c3)CCC(CNCC(O)c3cccnc3)O4)c2)c1. The van der Waals surface area contributed by atoms with Gasteiger partial charge in [0.15, 0.2) is 0 Å². The van der Waals surface area contributed by atoms with E-state index >= 15 is 0 Å². The summed E-state index contributed by atoms with van der Waals surface area (Å²) in [5, 5.41) is 13.6. The first-order chi connectivity index (χ1) is 19.3. The number of fused-ring (bicyclic) bond motifs is 1. The van der Waals surface area contributed by atoms with Gasteiger partial charge in [-0.05, 0) is 78.9 Å². The van der Waals surface area contributed by atoms with E-state index in [1.54, 1.807) is 48.8 Å². The lowest BCUT2D eigenvalue weighted by Crippen LogP contribution is -2.36. The topological polar surface area (TPSA) is 118 Å². The van der Waals surface area contributed by atoms with Gasteiger partial charge >= 0.3 is 0 Å². The first kappa shape index (κ1) is 27.5. The molecule has 5 rings (SSSR count). The molecule has 0 aliphatic carbocycles. The molecule has 3 aromatic carbocycles. The zero-order valence-corrected chi connectivity index (χ0v) is 22.9. The van der Waals surface area contributed by atoms with Crippen LogP contribution in [0.1, 0.15) is 39.6 Å². The number of pyridine rings is 1. The predicted molar refractivity (Wildman–Crippen MR) is 153 cm³/mol. The molecular formula is C31H31N3O5S. The Bertz CT molecular complexity index is 1610. The van der Waals surface area contributed by atoms with E-state index in [9.17, 15) is 18.3 Å². The number of nitrogens with one attached hydrogen (secondary N) is 2. The van der Waals surface area contributed by atoms with Crippen LogP contribution in [0.25, 0.3) is 11.1 Å². The van der Waals surface area contributed by atoms with Crippen molar-refractivity contribution in [3.8, 4) is 16.9 Å². The van der Waals surface area contributed by atoms with Crippen LogP contribution in [0, 0.1) is 6.92 Å². The highest BCUT2D eigenvalue weighted by Crippen LogP contribution is 2.32. The van der Waals surface area contributed by atoms with Crippen LogP contribution in [0.4, 0.5) is 0 Å². The van der Waals surface area contributed by atoms with Crippen molar-refractivity contribution in [1.29, 1.82) is 0 Å². The Balaban J connectivity index is 1.22. The summed E-state index contributed by atoms with van der Waals surface area (Å²) in [6.45, 7) is 2.85. The average molecular weight is 558 g/mol. The van der Waals surface area contributed by atoms with Crippen LogP contribution in [0.15, 0.2) is 96.2 Å². The van der Waals surface area contributed by atoms with Crippen molar-refractivity contribution in [1.82, 2.24) is 15.0 Å². The van der Waals surface area contributed by atoms with Crippen LogP contribution in [-0.4, -0.2) is 43.6 Å². The number of aromatic nitrogens is 1. The van der Waals surface area contributed by atoms with Gasteiger partial charge in [-0.2, -0.15) is 0 Å². The number of ether oxygens (including phenoxy) is 1. The van der Waals surface area contributed by atoms with Crippen LogP contribution < -0.4 is 14.8 Å². The number of sulfonamides is 1. The van der Waals surface area contributed by atoms with Crippen molar-refractivity contribution >= 4 is 15.9 Å². The number of aliphatic hydroxyl groups excluding tert-OH is 1. The van der Waals surface area contributed by atoms with Crippen molar-refractivity contribution < 1.29 is 23.1 Å². The number of amides is 1. The number of rotatable bonds is 9. The molecule has 2 unspecified atom stereocenters. The summed E-state index contributed by atoms with van der Waals surface area (Å²) in [6.07, 6.45) is 4.29. The average Bonchev–Trinajstić information content (AvgIpc) is 2.97. The second-order valence-corrected chi connectivity index (χ2v) is 11.6. The fourth-order valence-electron chi connectivity index (χ4n) is 4.71. The minimum absolute atomic E-state index is 0.0135. The van der Waals surface area contributed by atoms with Gasteiger partial charge in [0.2, 0.25) is 0 Å². The van der Waals surface area contributed by atoms with E-state index in [0.29, 0.717) is 13.1 Å². The smallest absolute Gasteiger partial charge is 0.265 e. The standard InChI is InChI=1S/C31H31N3O5S/c1-21-5-2-7-25(15-21)31(36)34-40(37,38)28-9-3-6-22(17-28)23-11-13-30-24(16-23)10-12-27(39-30)19-33-20-29(35)26-8-4-14-32-18-26/h2-9,11,13-18,27,29,33,35H,10,12,19-20H2,1H3,(H,34,36). The number of aryl methyl sites for hydroxylation is 2. The number of nitrogens with zero attached hydrogens (tertiary/aromatic N) is 1. The Labute approximate surface area is 234 Å². The lowest BCUT2D eigenvalue weighted by molar-refractivity contribution is 0.0981. The van der Waals surface area contributed by atoms with Crippen LogP contribution in [-0.2, 0) is 16.4 Å². The molecule has 4 aromatic rings. The molecule has 0 radical (unpaired) electrons. The number of hydrogen-bond donors (Lipinski definition) is 3. The van der Waals surface area contributed by atoms with Gasteiger partial charge in [0.25, 0.3) is 15.9 Å². The van der Waals surface area contributed by atoms with Gasteiger partial charge in [-0.15, -0.1) is 0 Å². The third kappa shape index (κ3) is 6.56. The maximum Gasteiger partial charge on any atom is 0.265 e. The van der Waals surface area contributed by atoms with Gasteiger partial charge in [0, 0.05) is 36.6 Å².